The zero-order valence-electron chi connectivity index (χ0n) is 13.4. The second-order valence-corrected chi connectivity index (χ2v) is 7.08. The number of hydrogen-bond acceptors (Lipinski definition) is 2. The molecule has 0 aliphatic heterocycles. The first-order chi connectivity index (χ1) is 11.0. The number of hydrogen-bond donors (Lipinski definition) is 1. The summed E-state index contributed by atoms with van der Waals surface area (Å²) in [6.45, 7) is 6.19. The Hall–Kier alpha value is -1.82. The van der Waals surface area contributed by atoms with Crippen LogP contribution in [0.2, 0.25) is 0 Å². The molecule has 3 rings (SSSR count). The molecule has 3 aromatic rings. The molecular weight excluding hydrogens is 401 g/mol. The summed E-state index contributed by atoms with van der Waals surface area (Å²) >= 11 is 2.24. The quantitative estimate of drug-likeness (QED) is 0.598. The molecule has 0 bridgehead atoms. The fourth-order valence-electron chi connectivity index (χ4n) is 2.83. The predicted molar refractivity (Wildman–Crippen MR) is 102 cm³/mol. The van der Waals surface area contributed by atoms with Crippen molar-refractivity contribution in [3.05, 3.63) is 62.4 Å². The second-order valence-electron chi connectivity index (χ2n) is 5.83. The highest BCUT2D eigenvalue weighted by molar-refractivity contribution is 14.1. The van der Waals surface area contributed by atoms with Crippen LogP contribution in [0.1, 0.15) is 22.3 Å². The molecule has 0 saturated heterocycles. The van der Waals surface area contributed by atoms with Crippen LogP contribution < -0.4 is 5.32 Å². The fourth-order valence-corrected chi connectivity index (χ4v) is 3.19. The first-order valence-electron chi connectivity index (χ1n) is 7.48. The highest BCUT2D eigenvalue weighted by atomic mass is 127. The topological polar surface area (TPSA) is 42.2 Å². The minimum atomic E-state index is -0.0356. The van der Waals surface area contributed by atoms with Crippen LogP contribution in [0.15, 0.2) is 41.0 Å². The number of fused-ring (bicyclic) bond motifs is 1. The molecule has 0 aliphatic carbocycles. The van der Waals surface area contributed by atoms with Gasteiger partial charge in [-0.05, 0) is 84.3 Å². The summed E-state index contributed by atoms with van der Waals surface area (Å²) in [5, 5.41) is 3.99. The van der Waals surface area contributed by atoms with Gasteiger partial charge in [0.1, 0.15) is 5.58 Å². The lowest BCUT2D eigenvalue weighted by atomic mass is 9.99. The summed E-state index contributed by atoms with van der Waals surface area (Å²) in [6.07, 6.45) is 2.01. The second kappa shape index (κ2) is 6.35. The van der Waals surface area contributed by atoms with Crippen LogP contribution in [0.5, 0.6) is 0 Å². The maximum absolute atomic E-state index is 12.3. The van der Waals surface area contributed by atoms with E-state index < -0.39 is 0 Å². The Labute approximate surface area is 149 Å². The molecular formula is C19H18INO2. The average Bonchev–Trinajstić information content (AvgIpc) is 2.91. The number of benzene rings is 2. The lowest BCUT2D eigenvalue weighted by Gasteiger charge is -2.07. The Kier molecular flexibility index (Phi) is 4.43. The SMILES string of the molecule is Cc1cc(C)c2c(CC(=O)Nc3ccc(I)cc3)coc2c1C. The molecule has 4 heteroatoms. The third-order valence-corrected chi connectivity index (χ3v) is 4.82. The third-order valence-electron chi connectivity index (χ3n) is 4.11. The number of carbonyl (C=O) groups is 1. The van der Waals surface area contributed by atoms with E-state index >= 15 is 0 Å². The van der Waals surface area contributed by atoms with Gasteiger partial charge in [0.15, 0.2) is 0 Å². The average molecular weight is 419 g/mol. The number of halogens is 1. The van der Waals surface area contributed by atoms with Crippen LogP contribution in [0.25, 0.3) is 11.0 Å². The summed E-state index contributed by atoms with van der Waals surface area (Å²) in [6, 6.07) is 9.91. The van der Waals surface area contributed by atoms with E-state index in [1.165, 1.54) is 5.56 Å². The van der Waals surface area contributed by atoms with Gasteiger partial charge in [-0.1, -0.05) is 6.07 Å². The number of rotatable bonds is 3. The van der Waals surface area contributed by atoms with Gasteiger partial charge in [-0.3, -0.25) is 4.79 Å². The smallest absolute Gasteiger partial charge is 0.228 e. The van der Waals surface area contributed by atoms with E-state index in [0.717, 1.165) is 36.9 Å². The van der Waals surface area contributed by atoms with Crippen LogP contribution in [0, 0.1) is 24.3 Å². The summed E-state index contributed by atoms with van der Waals surface area (Å²) < 4.78 is 6.87. The summed E-state index contributed by atoms with van der Waals surface area (Å²) in [7, 11) is 0. The molecule has 1 N–H and O–H groups in total. The van der Waals surface area contributed by atoms with E-state index in [-0.39, 0.29) is 5.91 Å². The first kappa shape index (κ1) is 16.1. The monoisotopic (exact) mass is 419 g/mol. The van der Waals surface area contributed by atoms with Gasteiger partial charge in [-0.15, -0.1) is 0 Å². The lowest BCUT2D eigenvalue weighted by molar-refractivity contribution is -0.115. The van der Waals surface area contributed by atoms with E-state index in [9.17, 15) is 4.79 Å². The predicted octanol–water partition coefficient (Wildman–Crippen LogP) is 5.14. The molecule has 118 valence electrons. The van der Waals surface area contributed by atoms with Gasteiger partial charge in [0.05, 0.1) is 12.7 Å². The Morgan fingerprint density at radius 3 is 2.52 bits per heavy atom. The van der Waals surface area contributed by atoms with Gasteiger partial charge in [0.2, 0.25) is 5.91 Å². The van der Waals surface area contributed by atoms with Crippen LogP contribution in [0.4, 0.5) is 5.69 Å². The molecule has 0 fully saturated rings. The zero-order chi connectivity index (χ0) is 16.6. The van der Waals surface area contributed by atoms with Gasteiger partial charge in [0, 0.05) is 20.2 Å². The van der Waals surface area contributed by atoms with Crippen molar-refractivity contribution in [2.75, 3.05) is 5.32 Å². The van der Waals surface area contributed by atoms with Crippen molar-refractivity contribution < 1.29 is 9.21 Å². The van der Waals surface area contributed by atoms with Crippen molar-refractivity contribution >= 4 is 45.2 Å². The Bertz CT molecular complexity index is 879. The van der Waals surface area contributed by atoms with Gasteiger partial charge in [-0.25, -0.2) is 0 Å². The summed E-state index contributed by atoms with van der Waals surface area (Å²) in [5.41, 5.74) is 6.12. The highest BCUT2D eigenvalue weighted by Crippen LogP contribution is 2.30. The minimum absolute atomic E-state index is 0.0356. The highest BCUT2D eigenvalue weighted by Gasteiger charge is 2.15. The van der Waals surface area contributed by atoms with Crippen LogP contribution in [-0.2, 0) is 11.2 Å². The molecule has 1 amide bonds. The third kappa shape index (κ3) is 3.27. The van der Waals surface area contributed by atoms with E-state index in [0.29, 0.717) is 6.42 Å². The van der Waals surface area contributed by atoms with Crippen molar-refractivity contribution in [2.24, 2.45) is 0 Å². The molecule has 1 aromatic heterocycles. The van der Waals surface area contributed by atoms with Gasteiger partial charge < -0.3 is 9.73 Å². The van der Waals surface area contributed by atoms with Gasteiger partial charge >= 0.3 is 0 Å². The largest absolute Gasteiger partial charge is 0.464 e. The number of carbonyl (C=O) groups excluding carboxylic acids is 1. The van der Waals surface area contributed by atoms with E-state index in [4.69, 9.17) is 4.42 Å². The van der Waals surface area contributed by atoms with E-state index in [1.54, 1.807) is 6.26 Å². The molecule has 2 aromatic carbocycles. The van der Waals surface area contributed by atoms with Gasteiger partial charge in [0.25, 0.3) is 0 Å². The lowest BCUT2D eigenvalue weighted by Crippen LogP contribution is -2.14. The Balaban J connectivity index is 1.85. The fraction of sp³-hybridized carbons (Fsp3) is 0.211. The molecule has 0 unspecified atom stereocenters. The molecule has 1 heterocycles. The number of anilines is 1. The van der Waals surface area contributed by atoms with Crippen LogP contribution >= 0.6 is 22.6 Å². The molecule has 0 spiro atoms. The minimum Gasteiger partial charge on any atom is -0.464 e. The molecule has 3 nitrogen and oxygen atoms in total. The van der Waals surface area contributed by atoms with Crippen molar-refractivity contribution in [2.45, 2.75) is 27.2 Å². The Morgan fingerprint density at radius 2 is 1.83 bits per heavy atom. The van der Waals surface area contributed by atoms with E-state index in [2.05, 4.69) is 54.7 Å². The number of amides is 1. The van der Waals surface area contributed by atoms with Crippen molar-refractivity contribution in [3.63, 3.8) is 0 Å². The molecule has 0 radical (unpaired) electrons. The summed E-state index contributed by atoms with van der Waals surface area (Å²) in [4.78, 5) is 12.3. The number of furan rings is 1. The maximum atomic E-state index is 12.3. The standard InChI is InChI=1S/C19H18INO2/c1-11-8-12(2)18-14(10-23-19(18)13(11)3)9-17(22)21-16-6-4-15(20)5-7-16/h4-8,10H,9H2,1-3H3,(H,21,22). The number of nitrogens with one attached hydrogen (secondary N) is 1. The Morgan fingerprint density at radius 1 is 1.13 bits per heavy atom. The van der Waals surface area contributed by atoms with Crippen LogP contribution in [0.3, 0.4) is 0 Å². The molecule has 23 heavy (non-hydrogen) atoms. The zero-order valence-corrected chi connectivity index (χ0v) is 15.5. The van der Waals surface area contributed by atoms with E-state index in [1.807, 2.05) is 24.3 Å². The molecule has 0 atom stereocenters. The maximum Gasteiger partial charge on any atom is 0.228 e. The van der Waals surface area contributed by atoms with Crippen molar-refractivity contribution in [3.8, 4) is 0 Å². The normalized spacial score (nSPS) is 11.0. The molecule has 0 saturated carbocycles. The van der Waals surface area contributed by atoms with Crippen molar-refractivity contribution in [1.29, 1.82) is 0 Å². The first-order valence-corrected chi connectivity index (χ1v) is 8.56. The van der Waals surface area contributed by atoms with Crippen LogP contribution in [-0.4, -0.2) is 5.91 Å². The van der Waals surface area contributed by atoms with Gasteiger partial charge in [-0.2, -0.15) is 0 Å². The molecule has 0 aliphatic rings. The summed E-state index contributed by atoms with van der Waals surface area (Å²) in [5.74, 6) is -0.0356. The van der Waals surface area contributed by atoms with Crippen molar-refractivity contribution in [1.82, 2.24) is 0 Å². The number of aryl methyl sites for hydroxylation is 3.